The summed E-state index contributed by atoms with van der Waals surface area (Å²) in [5.41, 5.74) is 0. The zero-order valence-corrected chi connectivity index (χ0v) is 10.7. The Morgan fingerprint density at radius 3 is 2.59 bits per heavy atom. The van der Waals surface area contributed by atoms with Crippen LogP contribution in [0.2, 0.25) is 0 Å². The zero-order chi connectivity index (χ0) is 11.9. The summed E-state index contributed by atoms with van der Waals surface area (Å²) in [7, 11) is 0. The lowest BCUT2D eigenvalue weighted by molar-refractivity contribution is -0.122. The van der Waals surface area contributed by atoms with Gasteiger partial charge in [0.1, 0.15) is 0 Å². The molecule has 1 saturated heterocycles. The Balaban J connectivity index is 1.34. The molecule has 0 spiro atoms. The second-order valence-corrected chi connectivity index (χ2v) is 5.22. The lowest BCUT2D eigenvalue weighted by Crippen LogP contribution is -2.33. The van der Waals surface area contributed by atoms with Gasteiger partial charge in [-0.05, 0) is 58.3 Å². The smallest absolute Gasteiger partial charge is 0.223 e. The first kappa shape index (κ1) is 12.8. The van der Waals surface area contributed by atoms with Crippen molar-refractivity contribution in [2.24, 2.45) is 5.92 Å². The minimum absolute atomic E-state index is 0.254. The standard InChI is InChI=1S/C13H25N3O/c17-13(12-4-5-12)15-8-7-14-6-3-11-16-9-1-2-10-16/h12,14H,1-11H2,(H,15,17). The Labute approximate surface area is 104 Å². The lowest BCUT2D eigenvalue weighted by Gasteiger charge is -2.14. The fraction of sp³-hybridized carbons (Fsp3) is 0.923. The first-order chi connectivity index (χ1) is 8.36. The van der Waals surface area contributed by atoms with Gasteiger partial charge >= 0.3 is 0 Å². The van der Waals surface area contributed by atoms with Crippen LogP contribution in [-0.4, -0.2) is 50.1 Å². The van der Waals surface area contributed by atoms with Crippen LogP contribution in [0, 0.1) is 5.92 Å². The number of likely N-dealkylation sites (tertiary alicyclic amines) is 1. The van der Waals surface area contributed by atoms with Crippen LogP contribution in [0.15, 0.2) is 0 Å². The quantitative estimate of drug-likeness (QED) is 0.609. The van der Waals surface area contributed by atoms with E-state index in [-0.39, 0.29) is 5.91 Å². The molecule has 1 amide bonds. The van der Waals surface area contributed by atoms with E-state index in [9.17, 15) is 4.79 Å². The summed E-state index contributed by atoms with van der Waals surface area (Å²) < 4.78 is 0. The zero-order valence-electron chi connectivity index (χ0n) is 10.7. The Bertz CT molecular complexity index is 235. The molecule has 0 aromatic heterocycles. The molecule has 1 aliphatic carbocycles. The molecular weight excluding hydrogens is 214 g/mol. The van der Waals surface area contributed by atoms with E-state index < -0.39 is 0 Å². The molecule has 2 rings (SSSR count). The minimum atomic E-state index is 0.254. The van der Waals surface area contributed by atoms with E-state index in [0.717, 1.165) is 32.5 Å². The van der Waals surface area contributed by atoms with Crippen molar-refractivity contribution >= 4 is 5.91 Å². The number of rotatable bonds is 8. The summed E-state index contributed by atoms with van der Waals surface area (Å²) in [6.07, 6.45) is 6.15. The van der Waals surface area contributed by atoms with E-state index >= 15 is 0 Å². The number of carbonyl (C=O) groups is 1. The van der Waals surface area contributed by atoms with Gasteiger partial charge in [-0.15, -0.1) is 0 Å². The van der Waals surface area contributed by atoms with Gasteiger partial charge in [0.15, 0.2) is 0 Å². The van der Waals surface area contributed by atoms with Gasteiger partial charge < -0.3 is 15.5 Å². The molecule has 0 aromatic rings. The second-order valence-electron chi connectivity index (χ2n) is 5.22. The van der Waals surface area contributed by atoms with Crippen LogP contribution < -0.4 is 10.6 Å². The van der Waals surface area contributed by atoms with Gasteiger partial charge in [-0.3, -0.25) is 4.79 Å². The van der Waals surface area contributed by atoms with Gasteiger partial charge in [0, 0.05) is 19.0 Å². The third kappa shape index (κ3) is 5.04. The monoisotopic (exact) mass is 239 g/mol. The van der Waals surface area contributed by atoms with Gasteiger partial charge in [0.25, 0.3) is 0 Å². The normalized spacial score (nSPS) is 20.7. The second kappa shape index (κ2) is 6.97. The van der Waals surface area contributed by atoms with Crippen molar-refractivity contribution in [2.45, 2.75) is 32.1 Å². The van der Waals surface area contributed by atoms with E-state index in [1.807, 2.05) is 0 Å². The number of nitrogens with zero attached hydrogens (tertiary/aromatic N) is 1. The highest BCUT2D eigenvalue weighted by atomic mass is 16.2. The number of amides is 1. The third-order valence-electron chi connectivity index (χ3n) is 3.58. The largest absolute Gasteiger partial charge is 0.355 e. The van der Waals surface area contributed by atoms with Crippen molar-refractivity contribution in [3.8, 4) is 0 Å². The highest BCUT2D eigenvalue weighted by molar-refractivity contribution is 5.80. The maximum Gasteiger partial charge on any atom is 0.223 e. The molecule has 2 fully saturated rings. The molecule has 1 saturated carbocycles. The molecule has 0 radical (unpaired) electrons. The van der Waals surface area contributed by atoms with Crippen molar-refractivity contribution in [3.63, 3.8) is 0 Å². The van der Waals surface area contributed by atoms with Crippen LogP contribution in [0.5, 0.6) is 0 Å². The van der Waals surface area contributed by atoms with E-state index in [0.29, 0.717) is 5.92 Å². The summed E-state index contributed by atoms with van der Waals surface area (Å²) in [6.45, 7) is 6.55. The summed E-state index contributed by atoms with van der Waals surface area (Å²) >= 11 is 0. The summed E-state index contributed by atoms with van der Waals surface area (Å²) in [5, 5.41) is 6.35. The SMILES string of the molecule is O=C(NCCNCCCN1CCCC1)C1CC1. The van der Waals surface area contributed by atoms with E-state index in [1.165, 1.54) is 38.9 Å². The number of hydrogen-bond acceptors (Lipinski definition) is 3. The highest BCUT2D eigenvalue weighted by Gasteiger charge is 2.28. The Morgan fingerprint density at radius 2 is 1.88 bits per heavy atom. The van der Waals surface area contributed by atoms with Gasteiger partial charge in [-0.2, -0.15) is 0 Å². The van der Waals surface area contributed by atoms with Gasteiger partial charge in [-0.1, -0.05) is 0 Å². The molecule has 0 bridgehead atoms. The molecule has 4 nitrogen and oxygen atoms in total. The molecule has 2 N–H and O–H groups in total. The Kier molecular flexibility index (Phi) is 5.26. The van der Waals surface area contributed by atoms with Crippen LogP contribution in [0.1, 0.15) is 32.1 Å². The maximum absolute atomic E-state index is 11.3. The van der Waals surface area contributed by atoms with Crippen molar-refractivity contribution in [2.75, 3.05) is 39.3 Å². The highest BCUT2D eigenvalue weighted by Crippen LogP contribution is 2.28. The van der Waals surface area contributed by atoms with Crippen molar-refractivity contribution in [1.82, 2.24) is 15.5 Å². The first-order valence-electron chi connectivity index (χ1n) is 7.07. The molecule has 0 unspecified atom stereocenters. The van der Waals surface area contributed by atoms with Gasteiger partial charge in [0.05, 0.1) is 0 Å². The molecule has 17 heavy (non-hydrogen) atoms. The van der Waals surface area contributed by atoms with E-state index in [4.69, 9.17) is 0 Å². The van der Waals surface area contributed by atoms with Crippen LogP contribution in [0.4, 0.5) is 0 Å². The molecule has 2 aliphatic rings. The molecule has 0 atom stereocenters. The molecule has 1 aliphatic heterocycles. The van der Waals surface area contributed by atoms with Crippen LogP contribution in [0.3, 0.4) is 0 Å². The van der Waals surface area contributed by atoms with Crippen LogP contribution in [0.25, 0.3) is 0 Å². The predicted octanol–water partition coefficient (Wildman–Crippen LogP) is 0.588. The first-order valence-corrected chi connectivity index (χ1v) is 7.07. The maximum atomic E-state index is 11.3. The average molecular weight is 239 g/mol. The Morgan fingerprint density at radius 1 is 1.12 bits per heavy atom. The van der Waals surface area contributed by atoms with Crippen molar-refractivity contribution < 1.29 is 4.79 Å². The third-order valence-corrected chi connectivity index (χ3v) is 3.58. The molecule has 1 heterocycles. The van der Waals surface area contributed by atoms with Crippen LogP contribution >= 0.6 is 0 Å². The number of hydrogen-bond donors (Lipinski definition) is 2. The average Bonchev–Trinajstić information content (AvgIpc) is 3.06. The van der Waals surface area contributed by atoms with Gasteiger partial charge in [0.2, 0.25) is 5.91 Å². The summed E-state index contributed by atoms with van der Waals surface area (Å²) in [4.78, 5) is 13.9. The van der Waals surface area contributed by atoms with Crippen molar-refractivity contribution in [3.05, 3.63) is 0 Å². The Hall–Kier alpha value is -0.610. The molecule has 0 aromatic carbocycles. The van der Waals surface area contributed by atoms with E-state index in [2.05, 4.69) is 15.5 Å². The molecular formula is C13H25N3O. The molecule has 4 heteroatoms. The molecule has 98 valence electrons. The fourth-order valence-electron chi connectivity index (χ4n) is 2.32. The van der Waals surface area contributed by atoms with Gasteiger partial charge in [-0.25, -0.2) is 0 Å². The minimum Gasteiger partial charge on any atom is -0.355 e. The number of carbonyl (C=O) groups excluding carboxylic acids is 1. The van der Waals surface area contributed by atoms with Crippen LogP contribution in [-0.2, 0) is 4.79 Å². The number of nitrogens with one attached hydrogen (secondary N) is 2. The predicted molar refractivity (Wildman–Crippen MR) is 68.9 cm³/mol. The summed E-state index contributed by atoms with van der Waals surface area (Å²) in [5.74, 6) is 0.592. The van der Waals surface area contributed by atoms with Crippen molar-refractivity contribution in [1.29, 1.82) is 0 Å². The fourth-order valence-corrected chi connectivity index (χ4v) is 2.32. The summed E-state index contributed by atoms with van der Waals surface area (Å²) in [6, 6.07) is 0. The van der Waals surface area contributed by atoms with E-state index in [1.54, 1.807) is 0 Å². The lowest BCUT2D eigenvalue weighted by atomic mass is 10.3. The topological polar surface area (TPSA) is 44.4 Å².